The lowest BCUT2D eigenvalue weighted by atomic mass is 10.1. The van der Waals surface area contributed by atoms with Crippen molar-refractivity contribution in [3.8, 4) is 11.5 Å². The molecule has 0 heterocycles. The first-order valence-electron chi connectivity index (χ1n) is 10.9. The van der Waals surface area contributed by atoms with Crippen LogP contribution in [0.2, 0.25) is 0 Å². The van der Waals surface area contributed by atoms with Gasteiger partial charge in [-0.15, -0.1) is 0 Å². The normalized spacial score (nSPS) is 10.2. The van der Waals surface area contributed by atoms with Gasteiger partial charge in [-0.2, -0.15) is 0 Å². The van der Waals surface area contributed by atoms with E-state index in [1.165, 1.54) is 0 Å². The van der Waals surface area contributed by atoms with Crippen LogP contribution >= 0.6 is 0 Å². The van der Waals surface area contributed by atoms with Crippen LogP contribution in [0.25, 0.3) is 0 Å². The second-order valence-corrected chi connectivity index (χ2v) is 7.36. The highest BCUT2D eigenvalue weighted by Crippen LogP contribution is 2.20. The molecular weight excluding hydrogens is 428 g/mol. The Morgan fingerprint density at radius 1 is 0.588 bits per heavy atom. The van der Waals surface area contributed by atoms with E-state index >= 15 is 0 Å². The molecule has 0 fully saturated rings. The number of rotatable bonds is 9. The fourth-order valence-electron chi connectivity index (χ4n) is 3.27. The lowest BCUT2D eigenvalue weighted by Gasteiger charge is -2.12. The van der Waals surface area contributed by atoms with Crippen molar-refractivity contribution in [3.63, 3.8) is 0 Å². The minimum atomic E-state index is -0.342. The smallest absolute Gasteiger partial charge is 0.257 e. The minimum Gasteiger partial charge on any atom is -0.490 e. The number of carbonyl (C=O) groups excluding carboxylic acids is 2. The Morgan fingerprint density at radius 3 is 1.97 bits per heavy atom. The Morgan fingerprint density at radius 2 is 1.21 bits per heavy atom. The van der Waals surface area contributed by atoms with Crippen molar-refractivity contribution in [2.24, 2.45) is 0 Å². The quantitative estimate of drug-likeness (QED) is 0.322. The van der Waals surface area contributed by atoms with Crippen molar-refractivity contribution in [1.29, 1.82) is 0 Å². The van der Waals surface area contributed by atoms with Gasteiger partial charge in [0.05, 0.1) is 11.3 Å². The summed E-state index contributed by atoms with van der Waals surface area (Å²) >= 11 is 0. The van der Waals surface area contributed by atoms with Crippen LogP contribution in [0.3, 0.4) is 0 Å². The van der Waals surface area contributed by atoms with Crippen LogP contribution in [-0.4, -0.2) is 25.0 Å². The summed E-state index contributed by atoms with van der Waals surface area (Å²) in [6.07, 6.45) is 0. The Balaban J connectivity index is 1.37. The van der Waals surface area contributed by atoms with E-state index in [9.17, 15) is 9.59 Å². The van der Waals surface area contributed by atoms with Crippen LogP contribution in [0.15, 0.2) is 109 Å². The molecule has 2 N–H and O–H groups in total. The van der Waals surface area contributed by atoms with Crippen molar-refractivity contribution in [2.75, 3.05) is 23.8 Å². The van der Waals surface area contributed by atoms with Gasteiger partial charge in [0.2, 0.25) is 0 Å². The Kier molecular flexibility index (Phi) is 7.54. The number of carbonyl (C=O) groups is 2. The molecule has 0 aromatic heterocycles. The van der Waals surface area contributed by atoms with Crippen molar-refractivity contribution >= 4 is 23.2 Å². The maximum absolute atomic E-state index is 12.9. The van der Waals surface area contributed by atoms with E-state index in [1.807, 2.05) is 48.5 Å². The fourth-order valence-corrected chi connectivity index (χ4v) is 3.27. The first-order valence-corrected chi connectivity index (χ1v) is 10.9. The van der Waals surface area contributed by atoms with E-state index in [2.05, 4.69) is 10.6 Å². The maximum Gasteiger partial charge on any atom is 0.257 e. The average Bonchev–Trinajstić information content (AvgIpc) is 2.88. The van der Waals surface area contributed by atoms with E-state index in [1.54, 1.807) is 60.7 Å². The molecule has 0 bridgehead atoms. The summed E-state index contributed by atoms with van der Waals surface area (Å²) in [6, 6.07) is 32.4. The zero-order chi connectivity index (χ0) is 23.6. The van der Waals surface area contributed by atoms with Crippen LogP contribution in [0.5, 0.6) is 11.5 Å². The number of nitrogens with one attached hydrogen (secondary N) is 2. The molecule has 34 heavy (non-hydrogen) atoms. The predicted molar refractivity (Wildman–Crippen MR) is 133 cm³/mol. The Bertz CT molecular complexity index is 1240. The Labute approximate surface area is 198 Å². The molecule has 0 saturated carbocycles. The summed E-state index contributed by atoms with van der Waals surface area (Å²) in [5.74, 6) is 0.678. The maximum atomic E-state index is 12.9. The molecule has 6 nitrogen and oxygen atoms in total. The molecule has 4 rings (SSSR count). The molecule has 0 aliphatic carbocycles. The van der Waals surface area contributed by atoms with E-state index in [0.29, 0.717) is 41.5 Å². The van der Waals surface area contributed by atoms with Gasteiger partial charge < -0.3 is 20.1 Å². The van der Waals surface area contributed by atoms with Gasteiger partial charge in [0.1, 0.15) is 24.7 Å². The van der Waals surface area contributed by atoms with Crippen LogP contribution in [-0.2, 0) is 0 Å². The number of para-hydroxylation sites is 3. The molecule has 0 atom stereocenters. The van der Waals surface area contributed by atoms with E-state index in [-0.39, 0.29) is 11.8 Å². The van der Waals surface area contributed by atoms with Crippen molar-refractivity contribution in [1.82, 2.24) is 0 Å². The van der Waals surface area contributed by atoms with Gasteiger partial charge >= 0.3 is 0 Å². The monoisotopic (exact) mass is 452 g/mol. The third kappa shape index (κ3) is 6.23. The first kappa shape index (κ1) is 22.6. The molecule has 170 valence electrons. The molecule has 6 heteroatoms. The largest absolute Gasteiger partial charge is 0.490 e. The van der Waals surface area contributed by atoms with Gasteiger partial charge in [0, 0.05) is 11.3 Å². The lowest BCUT2D eigenvalue weighted by molar-refractivity contribution is 0.102. The van der Waals surface area contributed by atoms with E-state index in [4.69, 9.17) is 9.47 Å². The number of ether oxygens (including phenoxy) is 2. The second kappa shape index (κ2) is 11.3. The molecule has 4 aromatic carbocycles. The van der Waals surface area contributed by atoms with Gasteiger partial charge in [-0.25, -0.2) is 0 Å². The van der Waals surface area contributed by atoms with Crippen LogP contribution in [0, 0.1) is 0 Å². The number of anilines is 2. The van der Waals surface area contributed by atoms with Gasteiger partial charge in [-0.3, -0.25) is 9.59 Å². The lowest BCUT2D eigenvalue weighted by Crippen LogP contribution is -2.18. The molecule has 0 aliphatic heterocycles. The highest BCUT2D eigenvalue weighted by Gasteiger charge is 2.15. The van der Waals surface area contributed by atoms with Crippen molar-refractivity contribution in [3.05, 3.63) is 120 Å². The molecule has 4 aromatic rings. The molecule has 0 aliphatic rings. The van der Waals surface area contributed by atoms with Gasteiger partial charge in [-0.1, -0.05) is 54.6 Å². The van der Waals surface area contributed by atoms with Gasteiger partial charge in [-0.05, 0) is 54.6 Å². The third-order valence-electron chi connectivity index (χ3n) is 4.91. The zero-order valence-corrected chi connectivity index (χ0v) is 18.4. The average molecular weight is 453 g/mol. The van der Waals surface area contributed by atoms with Crippen LogP contribution in [0.1, 0.15) is 20.7 Å². The first-order chi connectivity index (χ1) is 16.7. The van der Waals surface area contributed by atoms with Gasteiger partial charge in [0.25, 0.3) is 11.8 Å². The molecule has 2 amide bonds. The fraction of sp³-hybridized carbons (Fsp3) is 0.0714. The highest BCUT2D eigenvalue weighted by molar-refractivity contribution is 6.12. The minimum absolute atomic E-state index is 0.308. The number of hydrogen-bond acceptors (Lipinski definition) is 4. The topological polar surface area (TPSA) is 76.7 Å². The van der Waals surface area contributed by atoms with E-state index < -0.39 is 0 Å². The molecule has 0 unspecified atom stereocenters. The number of benzene rings is 4. The summed E-state index contributed by atoms with van der Waals surface area (Å²) in [7, 11) is 0. The SMILES string of the molecule is O=C(Nc1ccccc1C(=O)Nc1ccccc1)c1cccc(OCCOc2ccccc2)c1. The summed E-state index contributed by atoms with van der Waals surface area (Å²) in [4.78, 5) is 25.7. The number of amides is 2. The summed E-state index contributed by atoms with van der Waals surface area (Å²) in [5, 5.41) is 5.67. The zero-order valence-electron chi connectivity index (χ0n) is 18.4. The van der Waals surface area contributed by atoms with Crippen molar-refractivity contribution in [2.45, 2.75) is 0 Å². The second-order valence-electron chi connectivity index (χ2n) is 7.36. The van der Waals surface area contributed by atoms with Crippen LogP contribution in [0.4, 0.5) is 11.4 Å². The predicted octanol–water partition coefficient (Wildman–Crippen LogP) is 5.65. The standard InChI is InChI=1S/C28H24N2O4/c31-27(21-10-9-15-24(20-21)34-19-18-33-23-13-5-2-6-14-23)30-26-17-8-7-16-25(26)28(32)29-22-11-3-1-4-12-22/h1-17,20H,18-19H2,(H,29,32)(H,30,31). The summed E-state index contributed by atoms with van der Waals surface area (Å²) in [5.41, 5.74) is 1.88. The Hall–Kier alpha value is -4.58. The van der Waals surface area contributed by atoms with Gasteiger partial charge in [0.15, 0.2) is 0 Å². The molecule has 0 saturated heterocycles. The van der Waals surface area contributed by atoms with Crippen LogP contribution < -0.4 is 20.1 Å². The molecule has 0 spiro atoms. The molecular formula is C28H24N2O4. The third-order valence-corrected chi connectivity index (χ3v) is 4.91. The van der Waals surface area contributed by atoms with Crippen molar-refractivity contribution < 1.29 is 19.1 Å². The highest BCUT2D eigenvalue weighted by atomic mass is 16.5. The summed E-state index contributed by atoms with van der Waals surface area (Å²) in [6.45, 7) is 0.715. The molecule has 0 radical (unpaired) electrons. The van der Waals surface area contributed by atoms with E-state index in [0.717, 1.165) is 5.75 Å². The summed E-state index contributed by atoms with van der Waals surface area (Å²) < 4.78 is 11.3. The number of hydrogen-bond donors (Lipinski definition) is 2.